The second kappa shape index (κ2) is 7.38. The van der Waals surface area contributed by atoms with Crippen LogP contribution in [0, 0.1) is 5.82 Å². The minimum absolute atomic E-state index is 0.151. The molecule has 0 spiro atoms. The summed E-state index contributed by atoms with van der Waals surface area (Å²) < 4.78 is 13.0. The van der Waals surface area contributed by atoms with Crippen molar-refractivity contribution in [2.45, 2.75) is 19.5 Å². The van der Waals surface area contributed by atoms with Crippen molar-refractivity contribution >= 4 is 23.2 Å². The first kappa shape index (κ1) is 16.5. The molecular weight excluding hydrogens is 303 g/mol. The standard InChI is InChI=1S/C17H18ClFN2O/c1-12(21(2)11-13-6-4-3-5-7-13)17(22)20-16-9-8-14(19)10-15(16)18/h3-10,12H,11H2,1-2H3,(H,20,22)/p+1/t12-/m0/s1. The predicted molar refractivity (Wildman–Crippen MR) is 86.5 cm³/mol. The fourth-order valence-electron chi connectivity index (χ4n) is 2.13. The number of hydrogen-bond donors (Lipinski definition) is 2. The predicted octanol–water partition coefficient (Wildman–Crippen LogP) is 2.52. The highest BCUT2D eigenvalue weighted by atomic mass is 35.5. The lowest BCUT2D eigenvalue weighted by Gasteiger charge is -2.21. The van der Waals surface area contributed by atoms with Crippen LogP contribution in [0.15, 0.2) is 48.5 Å². The number of rotatable bonds is 5. The number of anilines is 1. The third-order valence-corrected chi connectivity index (χ3v) is 3.96. The van der Waals surface area contributed by atoms with Gasteiger partial charge in [-0.15, -0.1) is 0 Å². The van der Waals surface area contributed by atoms with Gasteiger partial charge in [-0.1, -0.05) is 41.9 Å². The lowest BCUT2D eigenvalue weighted by atomic mass is 10.2. The van der Waals surface area contributed by atoms with E-state index in [0.29, 0.717) is 5.69 Å². The molecule has 1 unspecified atom stereocenters. The van der Waals surface area contributed by atoms with Crippen LogP contribution in [0.4, 0.5) is 10.1 Å². The van der Waals surface area contributed by atoms with Crippen LogP contribution in [-0.2, 0) is 11.3 Å². The molecule has 0 saturated carbocycles. The Labute approximate surface area is 134 Å². The van der Waals surface area contributed by atoms with Crippen molar-refractivity contribution in [3.05, 3.63) is 64.9 Å². The van der Waals surface area contributed by atoms with Gasteiger partial charge in [0.15, 0.2) is 6.04 Å². The van der Waals surface area contributed by atoms with E-state index in [2.05, 4.69) is 5.32 Å². The molecule has 0 bridgehead atoms. The molecule has 0 aliphatic rings. The fraction of sp³-hybridized carbons (Fsp3) is 0.235. The molecule has 1 amide bonds. The molecule has 2 aromatic rings. The molecule has 2 atom stereocenters. The van der Waals surface area contributed by atoms with Gasteiger partial charge < -0.3 is 10.2 Å². The number of quaternary nitrogens is 1. The van der Waals surface area contributed by atoms with E-state index < -0.39 is 5.82 Å². The third-order valence-electron chi connectivity index (χ3n) is 3.65. The quantitative estimate of drug-likeness (QED) is 0.872. The smallest absolute Gasteiger partial charge is 0.282 e. The lowest BCUT2D eigenvalue weighted by molar-refractivity contribution is -0.907. The molecule has 0 aromatic heterocycles. The minimum atomic E-state index is -0.428. The largest absolute Gasteiger partial charge is 0.324 e. The van der Waals surface area contributed by atoms with Gasteiger partial charge in [-0.25, -0.2) is 4.39 Å². The van der Waals surface area contributed by atoms with Gasteiger partial charge in [-0.2, -0.15) is 0 Å². The van der Waals surface area contributed by atoms with E-state index in [1.54, 1.807) is 0 Å². The van der Waals surface area contributed by atoms with Crippen LogP contribution < -0.4 is 10.2 Å². The number of nitrogens with one attached hydrogen (secondary N) is 2. The molecule has 2 N–H and O–H groups in total. The number of carbonyl (C=O) groups excluding carboxylic acids is 1. The van der Waals surface area contributed by atoms with Gasteiger partial charge in [-0.05, 0) is 25.1 Å². The second-order valence-corrected chi connectivity index (χ2v) is 5.75. The van der Waals surface area contributed by atoms with Crippen LogP contribution in [0.3, 0.4) is 0 Å². The van der Waals surface area contributed by atoms with Gasteiger partial charge in [0.25, 0.3) is 5.91 Å². The molecule has 0 aliphatic carbocycles. The summed E-state index contributed by atoms with van der Waals surface area (Å²) in [6.07, 6.45) is 0. The van der Waals surface area contributed by atoms with Crippen molar-refractivity contribution < 1.29 is 14.1 Å². The maximum atomic E-state index is 13.0. The Morgan fingerprint density at radius 1 is 1.27 bits per heavy atom. The maximum absolute atomic E-state index is 13.0. The molecule has 0 fully saturated rings. The van der Waals surface area contributed by atoms with Crippen molar-refractivity contribution in [2.75, 3.05) is 12.4 Å². The number of amides is 1. The zero-order chi connectivity index (χ0) is 16.1. The average molecular weight is 322 g/mol. The highest BCUT2D eigenvalue weighted by molar-refractivity contribution is 6.33. The van der Waals surface area contributed by atoms with Gasteiger partial charge >= 0.3 is 0 Å². The van der Waals surface area contributed by atoms with Crippen LogP contribution in [-0.4, -0.2) is 19.0 Å². The summed E-state index contributed by atoms with van der Waals surface area (Å²) in [5.74, 6) is -0.579. The molecule has 0 saturated heterocycles. The van der Waals surface area contributed by atoms with Crippen molar-refractivity contribution in [1.29, 1.82) is 0 Å². The summed E-state index contributed by atoms with van der Waals surface area (Å²) in [4.78, 5) is 13.4. The Morgan fingerprint density at radius 2 is 1.95 bits per heavy atom. The Hall–Kier alpha value is -1.91. The first-order valence-corrected chi connectivity index (χ1v) is 7.47. The van der Waals surface area contributed by atoms with Crippen LogP contribution in [0.5, 0.6) is 0 Å². The van der Waals surface area contributed by atoms with Crippen molar-refractivity contribution in [3.8, 4) is 0 Å². The van der Waals surface area contributed by atoms with E-state index in [1.165, 1.54) is 23.8 Å². The molecule has 0 aliphatic heterocycles. The van der Waals surface area contributed by atoms with E-state index in [-0.39, 0.29) is 17.0 Å². The molecule has 22 heavy (non-hydrogen) atoms. The Kier molecular flexibility index (Phi) is 5.52. The summed E-state index contributed by atoms with van der Waals surface area (Å²) in [6.45, 7) is 2.59. The number of likely N-dealkylation sites (N-methyl/N-ethyl adjacent to an activating group) is 1. The number of carbonyl (C=O) groups is 1. The summed E-state index contributed by atoms with van der Waals surface area (Å²) in [5, 5.41) is 2.94. The van der Waals surface area contributed by atoms with Gasteiger partial charge in [0, 0.05) is 5.56 Å². The van der Waals surface area contributed by atoms with E-state index in [4.69, 9.17) is 11.6 Å². The monoisotopic (exact) mass is 321 g/mol. The first-order valence-electron chi connectivity index (χ1n) is 7.09. The lowest BCUT2D eigenvalue weighted by Crippen LogP contribution is -3.12. The van der Waals surface area contributed by atoms with Crippen LogP contribution in [0.2, 0.25) is 5.02 Å². The van der Waals surface area contributed by atoms with Gasteiger partial charge in [0.2, 0.25) is 0 Å². The third kappa shape index (κ3) is 4.29. The molecule has 2 rings (SSSR count). The molecule has 3 nitrogen and oxygen atoms in total. The molecule has 5 heteroatoms. The summed E-state index contributed by atoms with van der Waals surface area (Å²) in [6, 6.07) is 13.6. The zero-order valence-corrected chi connectivity index (χ0v) is 13.3. The topological polar surface area (TPSA) is 33.5 Å². The maximum Gasteiger partial charge on any atom is 0.282 e. The highest BCUT2D eigenvalue weighted by Crippen LogP contribution is 2.22. The van der Waals surface area contributed by atoms with Crippen LogP contribution >= 0.6 is 11.6 Å². The Bertz CT molecular complexity index is 648. The molecule has 116 valence electrons. The van der Waals surface area contributed by atoms with Crippen molar-refractivity contribution in [1.82, 2.24) is 0 Å². The van der Waals surface area contributed by atoms with Gasteiger partial charge in [-0.3, -0.25) is 4.79 Å². The number of hydrogen-bond acceptors (Lipinski definition) is 1. The second-order valence-electron chi connectivity index (χ2n) is 5.34. The SMILES string of the molecule is C[C@@H](C(=O)Nc1ccc(F)cc1Cl)[NH+](C)Cc1ccccc1. The van der Waals surface area contributed by atoms with Crippen molar-refractivity contribution in [3.63, 3.8) is 0 Å². The zero-order valence-electron chi connectivity index (χ0n) is 12.6. The summed E-state index contributed by atoms with van der Waals surface area (Å²) in [7, 11) is 1.96. The van der Waals surface area contributed by atoms with Crippen LogP contribution in [0.25, 0.3) is 0 Å². The summed E-state index contributed by atoms with van der Waals surface area (Å²) in [5.41, 5.74) is 1.59. The molecule has 0 heterocycles. The van der Waals surface area contributed by atoms with E-state index in [1.807, 2.05) is 44.3 Å². The van der Waals surface area contributed by atoms with E-state index in [0.717, 1.165) is 11.4 Å². The van der Waals surface area contributed by atoms with Crippen LogP contribution in [0.1, 0.15) is 12.5 Å². The molecule has 0 radical (unpaired) electrons. The first-order chi connectivity index (χ1) is 10.5. The Morgan fingerprint density at radius 3 is 2.59 bits per heavy atom. The highest BCUT2D eigenvalue weighted by Gasteiger charge is 2.22. The molecule has 2 aromatic carbocycles. The minimum Gasteiger partial charge on any atom is -0.324 e. The van der Waals surface area contributed by atoms with E-state index in [9.17, 15) is 9.18 Å². The number of benzene rings is 2. The van der Waals surface area contributed by atoms with Gasteiger partial charge in [0.05, 0.1) is 17.8 Å². The fourth-order valence-corrected chi connectivity index (χ4v) is 2.34. The van der Waals surface area contributed by atoms with E-state index >= 15 is 0 Å². The number of halogens is 2. The average Bonchev–Trinajstić information content (AvgIpc) is 2.50. The van der Waals surface area contributed by atoms with Gasteiger partial charge in [0.1, 0.15) is 12.4 Å². The Balaban J connectivity index is 1.99. The van der Waals surface area contributed by atoms with Crippen molar-refractivity contribution in [2.24, 2.45) is 0 Å². The molecular formula is C17H19ClFN2O+. The normalized spacial score (nSPS) is 13.5. The summed E-state index contributed by atoms with van der Waals surface area (Å²) >= 11 is 5.93.